The van der Waals surface area contributed by atoms with Crippen molar-refractivity contribution in [1.82, 2.24) is 9.71 Å². The van der Waals surface area contributed by atoms with Crippen LogP contribution in [0, 0.1) is 0 Å². The third kappa shape index (κ3) is 3.94. The molecule has 0 saturated heterocycles. The van der Waals surface area contributed by atoms with Crippen LogP contribution in [-0.4, -0.2) is 24.5 Å². The number of hydrogen-bond acceptors (Lipinski definition) is 3. The number of aromatic nitrogens is 1. The quantitative estimate of drug-likeness (QED) is 0.748. The third-order valence-electron chi connectivity index (χ3n) is 2.69. The number of aromatic amines is 1. The van der Waals surface area contributed by atoms with Crippen molar-refractivity contribution in [3.63, 3.8) is 0 Å². The Balaban J connectivity index is 2.04. The van der Waals surface area contributed by atoms with Crippen LogP contribution in [0.2, 0.25) is 0 Å². The van der Waals surface area contributed by atoms with E-state index in [0.717, 1.165) is 5.56 Å². The van der Waals surface area contributed by atoms with Gasteiger partial charge in [-0.2, -0.15) is 0 Å². The number of carbonyl (C=O) groups is 1. The molecule has 2 rings (SSSR count). The molecule has 0 aliphatic carbocycles. The molecule has 0 radical (unpaired) electrons. The van der Waals surface area contributed by atoms with E-state index in [-0.39, 0.29) is 17.9 Å². The number of rotatable bonds is 6. The van der Waals surface area contributed by atoms with Crippen LogP contribution in [0.3, 0.4) is 0 Å². The predicted octanol–water partition coefficient (Wildman–Crippen LogP) is 1.33. The maximum absolute atomic E-state index is 11.9. The van der Waals surface area contributed by atoms with Gasteiger partial charge in [-0.25, -0.2) is 17.9 Å². The highest BCUT2D eigenvalue weighted by Crippen LogP contribution is 2.09. The summed E-state index contributed by atoms with van der Waals surface area (Å²) in [7, 11) is -3.51. The monoisotopic (exact) mass is 294 g/mol. The minimum atomic E-state index is -3.51. The van der Waals surface area contributed by atoms with Crippen molar-refractivity contribution in [3.8, 4) is 0 Å². The van der Waals surface area contributed by atoms with Crippen LogP contribution in [-0.2, 0) is 22.3 Å². The summed E-state index contributed by atoms with van der Waals surface area (Å²) >= 11 is 0. The first-order valence-corrected chi connectivity index (χ1v) is 7.53. The molecule has 106 valence electrons. The fourth-order valence-electron chi connectivity index (χ4n) is 1.73. The summed E-state index contributed by atoms with van der Waals surface area (Å²) in [6.07, 6.45) is 3.41. The molecule has 20 heavy (non-hydrogen) atoms. The smallest absolute Gasteiger partial charge is 0.335 e. The van der Waals surface area contributed by atoms with Crippen molar-refractivity contribution < 1.29 is 18.3 Å². The van der Waals surface area contributed by atoms with Crippen molar-refractivity contribution in [3.05, 3.63) is 59.4 Å². The van der Waals surface area contributed by atoms with Gasteiger partial charge in [-0.3, -0.25) is 0 Å². The van der Waals surface area contributed by atoms with E-state index in [1.165, 1.54) is 18.2 Å². The van der Waals surface area contributed by atoms with Crippen molar-refractivity contribution in [2.45, 2.75) is 12.3 Å². The third-order valence-corrected chi connectivity index (χ3v) is 3.99. The zero-order valence-electron chi connectivity index (χ0n) is 10.5. The normalized spacial score (nSPS) is 11.4. The number of H-pyrrole nitrogens is 1. The first-order chi connectivity index (χ1) is 9.46. The molecule has 1 aromatic heterocycles. The molecule has 0 aliphatic rings. The predicted molar refractivity (Wildman–Crippen MR) is 73.7 cm³/mol. The molecule has 3 N–H and O–H groups in total. The van der Waals surface area contributed by atoms with Gasteiger partial charge < -0.3 is 10.1 Å². The Morgan fingerprint density at radius 3 is 2.70 bits per heavy atom. The molecular formula is C13H14N2O4S. The highest BCUT2D eigenvalue weighted by Gasteiger charge is 2.13. The number of benzene rings is 1. The summed E-state index contributed by atoms with van der Waals surface area (Å²) in [6, 6.07) is 7.67. The number of hydrogen-bond donors (Lipinski definition) is 3. The Kier molecular flexibility index (Phi) is 4.21. The molecule has 1 heterocycles. The standard InChI is InChI=1S/C13H14N2O4S/c16-13(17)12-3-1-2-10(6-12)9-20(18,19)15-8-11-4-5-14-7-11/h1-7,14-15H,8-9H2,(H,16,17). The van der Waals surface area contributed by atoms with E-state index < -0.39 is 16.0 Å². The maximum atomic E-state index is 11.9. The second kappa shape index (κ2) is 5.89. The lowest BCUT2D eigenvalue weighted by molar-refractivity contribution is 0.0696. The number of carboxylic acids is 1. The molecule has 0 unspecified atom stereocenters. The summed E-state index contributed by atoms with van der Waals surface area (Å²) in [6.45, 7) is 0.199. The molecule has 0 bridgehead atoms. The first kappa shape index (κ1) is 14.3. The van der Waals surface area contributed by atoms with Gasteiger partial charge in [0.1, 0.15) is 0 Å². The Morgan fingerprint density at radius 1 is 1.25 bits per heavy atom. The van der Waals surface area contributed by atoms with E-state index in [2.05, 4.69) is 9.71 Å². The lowest BCUT2D eigenvalue weighted by Crippen LogP contribution is -2.24. The number of aromatic carboxylic acids is 1. The number of carboxylic acid groups (broad SMARTS) is 1. The zero-order chi connectivity index (χ0) is 14.6. The Bertz CT molecular complexity index is 693. The van der Waals surface area contributed by atoms with Gasteiger partial charge in [0.25, 0.3) is 0 Å². The van der Waals surface area contributed by atoms with Gasteiger partial charge >= 0.3 is 5.97 Å². The van der Waals surface area contributed by atoms with E-state index in [9.17, 15) is 13.2 Å². The van der Waals surface area contributed by atoms with Gasteiger partial charge in [0.15, 0.2) is 0 Å². The van der Waals surface area contributed by atoms with Crippen LogP contribution in [0.1, 0.15) is 21.5 Å². The van der Waals surface area contributed by atoms with Gasteiger partial charge in [0, 0.05) is 18.9 Å². The lowest BCUT2D eigenvalue weighted by atomic mass is 10.1. The minimum Gasteiger partial charge on any atom is -0.478 e. The summed E-state index contributed by atoms with van der Waals surface area (Å²) in [5.41, 5.74) is 1.34. The average Bonchev–Trinajstić information content (AvgIpc) is 2.89. The summed E-state index contributed by atoms with van der Waals surface area (Å²) in [4.78, 5) is 13.7. The molecule has 6 nitrogen and oxygen atoms in total. The van der Waals surface area contributed by atoms with Gasteiger partial charge in [-0.1, -0.05) is 12.1 Å². The minimum absolute atomic E-state index is 0.0725. The van der Waals surface area contributed by atoms with E-state index in [1.54, 1.807) is 24.5 Å². The highest BCUT2D eigenvalue weighted by atomic mass is 32.2. The molecule has 7 heteroatoms. The van der Waals surface area contributed by atoms with Crippen molar-refractivity contribution in [2.75, 3.05) is 0 Å². The molecule has 0 atom stereocenters. The van der Waals surface area contributed by atoms with E-state index in [1.807, 2.05) is 0 Å². The van der Waals surface area contributed by atoms with Gasteiger partial charge in [0.05, 0.1) is 11.3 Å². The molecule has 0 spiro atoms. The van der Waals surface area contributed by atoms with Crippen LogP contribution in [0.4, 0.5) is 0 Å². The lowest BCUT2D eigenvalue weighted by Gasteiger charge is -2.06. The van der Waals surface area contributed by atoms with E-state index in [0.29, 0.717) is 5.56 Å². The molecule has 0 amide bonds. The molecule has 1 aromatic carbocycles. The molecule has 0 saturated carbocycles. The van der Waals surface area contributed by atoms with E-state index >= 15 is 0 Å². The molecular weight excluding hydrogens is 280 g/mol. The second-order valence-electron chi connectivity index (χ2n) is 4.30. The Hall–Kier alpha value is -2.12. The van der Waals surface area contributed by atoms with Crippen LogP contribution in [0.15, 0.2) is 42.7 Å². The number of sulfonamides is 1. The average molecular weight is 294 g/mol. The molecule has 2 aromatic rings. The largest absolute Gasteiger partial charge is 0.478 e. The van der Waals surface area contributed by atoms with E-state index in [4.69, 9.17) is 5.11 Å². The van der Waals surface area contributed by atoms with Crippen LogP contribution in [0.5, 0.6) is 0 Å². The number of nitrogens with one attached hydrogen (secondary N) is 2. The van der Waals surface area contributed by atoms with Gasteiger partial charge in [0.2, 0.25) is 10.0 Å². The molecule has 0 aliphatic heterocycles. The summed E-state index contributed by atoms with van der Waals surface area (Å²) in [5, 5.41) is 8.87. The maximum Gasteiger partial charge on any atom is 0.335 e. The van der Waals surface area contributed by atoms with Gasteiger partial charge in [-0.15, -0.1) is 0 Å². The molecule has 0 fully saturated rings. The Labute approximate surface area is 116 Å². The van der Waals surface area contributed by atoms with Gasteiger partial charge in [-0.05, 0) is 29.3 Å². The zero-order valence-corrected chi connectivity index (χ0v) is 11.4. The summed E-state index contributed by atoms with van der Waals surface area (Å²) in [5.74, 6) is -1.33. The fraction of sp³-hybridized carbons (Fsp3) is 0.154. The SMILES string of the molecule is O=C(O)c1cccc(CS(=O)(=O)NCc2cc[nH]c2)c1. The van der Waals surface area contributed by atoms with Crippen molar-refractivity contribution in [1.29, 1.82) is 0 Å². The Morgan fingerprint density at radius 2 is 2.05 bits per heavy atom. The summed E-state index contributed by atoms with van der Waals surface area (Å²) < 4.78 is 26.3. The topological polar surface area (TPSA) is 99.3 Å². The van der Waals surface area contributed by atoms with Crippen LogP contribution >= 0.6 is 0 Å². The van der Waals surface area contributed by atoms with Crippen molar-refractivity contribution >= 4 is 16.0 Å². The van der Waals surface area contributed by atoms with Crippen molar-refractivity contribution in [2.24, 2.45) is 0 Å². The highest BCUT2D eigenvalue weighted by molar-refractivity contribution is 7.88. The first-order valence-electron chi connectivity index (χ1n) is 5.87. The van der Waals surface area contributed by atoms with Crippen LogP contribution < -0.4 is 4.72 Å². The second-order valence-corrected chi connectivity index (χ2v) is 6.11. The van der Waals surface area contributed by atoms with Crippen LogP contribution in [0.25, 0.3) is 0 Å². The fourth-order valence-corrected chi connectivity index (χ4v) is 2.83.